The van der Waals surface area contributed by atoms with Crippen LogP contribution in [0.1, 0.15) is 11.1 Å². The summed E-state index contributed by atoms with van der Waals surface area (Å²) in [6.07, 6.45) is 7.25. The minimum atomic E-state index is 0.252. The maximum Gasteiger partial charge on any atom is 0.281 e. The van der Waals surface area contributed by atoms with Crippen molar-refractivity contribution in [2.45, 2.75) is 12.8 Å². The molecule has 2 N–H and O–H groups in total. The molecule has 0 radical (unpaired) electrons. The first-order valence-electron chi connectivity index (χ1n) is 6.99. The Morgan fingerprint density at radius 3 is 2.90 bits per heavy atom. The second-order valence-electron chi connectivity index (χ2n) is 5.22. The Morgan fingerprint density at radius 1 is 1.33 bits per heavy atom. The highest BCUT2D eigenvalue weighted by Crippen LogP contribution is 2.34. The Bertz CT molecular complexity index is 655. The van der Waals surface area contributed by atoms with Crippen molar-refractivity contribution in [1.82, 2.24) is 9.97 Å². The number of aromatic nitrogens is 2. The molecule has 1 aromatic heterocycles. The molecule has 1 aliphatic carbocycles. The van der Waals surface area contributed by atoms with Gasteiger partial charge >= 0.3 is 0 Å². The lowest BCUT2D eigenvalue weighted by Gasteiger charge is -2.10. The van der Waals surface area contributed by atoms with Gasteiger partial charge in [0.2, 0.25) is 0 Å². The van der Waals surface area contributed by atoms with Gasteiger partial charge in [0.15, 0.2) is 0 Å². The number of fused-ring (bicyclic) bond motifs is 1. The van der Waals surface area contributed by atoms with Gasteiger partial charge in [0, 0.05) is 30.9 Å². The molecule has 0 saturated carbocycles. The van der Waals surface area contributed by atoms with E-state index in [-0.39, 0.29) is 6.02 Å². The lowest BCUT2D eigenvalue weighted by atomic mass is 9.99. The van der Waals surface area contributed by atoms with Crippen LogP contribution in [0.2, 0.25) is 0 Å². The van der Waals surface area contributed by atoms with Crippen LogP contribution in [0.25, 0.3) is 11.1 Å². The van der Waals surface area contributed by atoms with Crippen LogP contribution in [0.3, 0.4) is 0 Å². The Kier molecular flexibility index (Phi) is 3.81. The van der Waals surface area contributed by atoms with Gasteiger partial charge < -0.3 is 10.5 Å². The van der Waals surface area contributed by atoms with Crippen LogP contribution in [0.5, 0.6) is 0 Å². The maximum absolute atomic E-state index is 5.59. The second-order valence-corrected chi connectivity index (χ2v) is 5.22. The highest BCUT2D eigenvalue weighted by molar-refractivity contribution is 5.71. The summed E-state index contributed by atoms with van der Waals surface area (Å²) < 4.78 is 5.45. The fraction of sp³-hybridized carbons (Fsp3) is 0.312. The van der Waals surface area contributed by atoms with Crippen LogP contribution < -0.4 is 5.73 Å². The number of hydrogen-bond acceptors (Lipinski definition) is 4. The van der Waals surface area contributed by atoms with Gasteiger partial charge in [-0.3, -0.25) is 0 Å². The lowest BCUT2D eigenvalue weighted by molar-refractivity contribution is 0.239. The summed E-state index contributed by atoms with van der Waals surface area (Å²) in [4.78, 5) is 12.0. The predicted molar refractivity (Wildman–Crippen MR) is 81.9 cm³/mol. The third kappa shape index (κ3) is 2.86. The Morgan fingerprint density at radius 2 is 2.14 bits per heavy atom. The second kappa shape index (κ2) is 5.91. The molecule has 0 spiro atoms. The Balaban J connectivity index is 1.80. The molecule has 3 rings (SSSR count). The smallest absolute Gasteiger partial charge is 0.281 e. The van der Waals surface area contributed by atoms with Crippen molar-refractivity contribution in [3.63, 3.8) is 0 Å². The Hall–Kier alpha value is -2.43. The number of aliphatic imine (C=N–C) groups is 1. The zero-order chi connectivity index (χ0) is 14.7. The van der Waals surface area contributed by atoms with Gasteiger partial charge in [0.05, 0.1) is 6.61 Å². The quantitative estimate of drug-likeness (QED) is 0.688. The molecule has 5 heteroatoms. The van der Waals surface area contributed by atoms with E-state index in [1.807, 2.05) is 12.4 Å². The van der Waals surface area contributed by atoms with E-state index >= 15 is 0 Å². The molecule has 0 aliphatic heterocycles. The average molecular weight is 282 g/mol. The molecule has 2 aromatic rings. The predicted octanol–water partition coefficient (Wildman–Crippen LogP) is 1.82. The van der Waals surface area contributed by atoms with Gasteiger partial charge in [0.1, 0.15) is 6.33 Å². The molecule has 0 fully saturated rings. The van der Waals surface area contributed by atoms with Crippen molar-refractivity contribution in [2.24, 2.45) is 16.6 Å². The number of ether oxygens (including phenoxy) is 1. The summed E-state index contributed by atoms with van der Waals surface area (Å²) in [6.45, 7) is 0.600. The first kappa shape index (κ1) is 13.5. The van der Waals surface area contributed by atoms with E-state index in [0.29, 0.717) is 12.5 Å². The third-order valence-electron chi connectivity index (χ3n) is 3.83. The summed E-state index contributed by atoms with van der Waals surface area (Å²) in [5, 5.41) is 0. The monoisotopic (exact) mass is 282 g/mol. The van der Waals surface area contributed by atoms with Crippen molar-refractivity contribution in [3.05, 3.63) is 48.0 Å². The fourth-order valence-corrected chi connectivity index (χ4v) is 2.83. The van der Waals surface area contributed by atoms with Crippen LogP contribution in [-0.4, -0.2) is 29.6 Å². The highest BCUT2D eigenvalue weighted by atomic mass is 16.5. The molecule has 108 valence electrons. The van der Waals surface area contributed by atoms with E-state index in [4.69, 9.17) is 10.5 Å². The van der Waals surface area contributed by atoms with E-state index in [0.717, 1.165) is 18.4 Å². The van der Waals surface area contributed by atoms with Gasteiger partial charge in [-0.25, -0.2) is 15.0 Å². The molecule has 1 aromatic carbocycles. The number of hydrogen-bond donors (Lipinski definition) is 1. The lowest BCUT2D eigenvalue weighted by Crippen LogP contribution is -2.21. The van der Waals surface area contributed by atoms with E-state index in [2.05, 4.69) is 33.2 Å². The standard InChI is InChI=1S/C16H18N4O/c1-18-16(17)21-9-11-5-12-3-2-4-14(15(12)6-11)13-7-19-10-20-8-13/h2-4,7-8,10-11H,5-6,9H2,1H3,(H2,17,18). The van der Waals surface area contributed by atoms with Gasteiger partial charge in [-0.2, -0.15) is 0 Å². The SMILES string of the molecule is CN=C(N)OCC1Cc2cccc(-c3cncnc3)c2C1. The molecule has 0 amide bonds. The zero-order valence-corrected chi connectivity index (χ0v) is 12.0. The van der Waals surface area contributed by atoms with Crippen molar-refractivity contribution < 1.29 is 4.74 Å². The first-order valence-corrected chi connectivity index (χ1v) is 6.99. The molecule has 1 atom stereocenters. The minimum Gasteiger partial charge on any atom is -0.465 e. The van der Waals surface area contributed by atoms with Gasteiger partial charge in [-0.1, -0.05) is 18.2 Å². The van der Waals surface area contributed by atoms with E-state index in [1.165, 1.54) is 16.7 Å². The van der Waals surface area contributed by atoms with Crippen molar-refractivity contribution in [2.75, 3.05) is 13.7 Å². The summed E-state index contributed by atoms with van der Waals surface area (Å²) in [5.74, 6) is 0.436. The molecule has 21 heavy (non-hydrogen) atoms. The maximum atomic E-state index is 5.59. The summed E-state index contributed by atoms with van der Waals surface area (Å²) >= 11 is 0. The minimum absolute atomic E-state index is 0.252. The largest absolute Gasteiger partial charge is 0.465 e. The summed E-state index contributed by atoms with van der Waals surface area (Å²) in [5.41, 5.74) is 10.6. The normalized spacial score (nSPS) is 17.6. The molecule has 0 bridgehead atoms. The van der Waals surface area contributed by atoms with Crippen LogP contribution in [0, 0.1) is 5.92 Å². The van der Waals surface area contributed by atoms with Gasteiger partial charge in [0.25, 0.3) is 6.02 Å². The number of benzene rings is 1. The van der Waals surface area contributed by atoms with Crippen molar-refractivity contribution in [3.8, 4) is 11.1 Å². The van der Waals surface area contributed by atoms with Crippen molar-refractivity contribution in [1.29, 1.82) is 0 Å². The number of rotatable bonds is 3. The van der Waals surface area contributed by atoms with E-state index in [9.17, 15) is 0 Å². The van der Waals surface area contributed by atoms with Gasteiger partial charge in [-0.15, -0.1) is 0 Å². The third-order valence-corrected chi connectivity index (χ3v) is 3.83. The van der Waals surface area contributed by atoms with E-state index in [1.54, 1.807) is 13.4 Å². The molecular weight excluding hydrogens is 264 g/mol. The molecular formula is C16H18N4O. The number of amidine groups is 1. The van der Waals surface area contributed by atoms with Crippen LogP contribution in [0.15, 0.2) is 41.9 Å². The average Bonchev–Trinajstić information content (AvgIpc) is 2.96. The highest BCUT2D eigenvalue weighted by Gasteiger charge is 2.24. The van der Waals surface area contributed by atoms with E-state index < -0.39 is 0 Å². The fourth-order valence-electron chi connectivity index (χ4n) is 2.83. The summed E-state index contributed by atoms with van der Waals surface area (Å²) in [6, 6.07) is 6.65. The van der Waals surface area contributed by atoms with Crippen LogP contribution >= 0.6 is 0 Å². The first-order chi connectivity index (χ1) is 10.3. The molecule has 1 unspecified atom stereocenters. The molecule has 0 saturated heterocycles. The van der Waals surface area contributed by atoms with Crippen molar-refractivity contribution >= 4 is 6.02 Å². The van der Waals surface area contributed by atoms with Crippen LogP contribution in [-0.2, 0) is 17.6 Å². The molecule has 1 heterocycles. The number of nitrogens with zero attached hydrogens (tertiary/aromatic N) is 3. The van der Waals surface area contributed by atoms with Gasteiger partial charge in [-0.05, 0) is 29.5 Å². The van der Waals surface area contributed by atoms with Crippen LogP contribution in [0.4, 0.5) is 0 Å². The summed E-state index contributed by atoms with van der Waals surface area (Å²) in [7, 11) is 1.63. The Labute approximate surface area is 123 Å². The molecule has 1 aliphatic rings. The number of nitrogens with two attached hydrogens (primary N) is 1. The zero-order valence-electron chi connectivity index (χ0n) is 12.0. The molecule has 5 nitrogen and oxygen atoms in total. The topological polar surface area (TPSA) is 73.4 Å².